The summed E-state index contributed by atoms with van der Waals surface area (Å²) in [6.45, 7) is 4.46. The minimum Gasteiger partial charge on any atom is -0.639 e. The Kier molecular flexibility index (Phi) is 4.93. The van der Waals surface area contributed by atoms with Gasteiger partial charge in [-0.1, -0.05) is 13.8 Å². The number of amides is 1. The molecule has 0 saturated carbocycles. The third-order valence-corrected chi connectivity index (χ3v) is 5.78. The predicted molar refractivity (Wildman–Crippen MR) is 94.0 cm³/mol. The molecule has 3 rings (SSSR count). The van der Waals surface area contributed by atoms with Gasteiger partial charge in [0.1, 0.15) is 0 Å². The molecule has 0 N–H and O–H groups in total. The van der Waals surface area contributed by atoms with Crippen LogP contribution in [0.15, 0.2) is 5.70 Å². The Balaban J connectivity index is 1.82. The van der Waals surface area contributed by atoms with Gasteiger partial charge in [-0.3, -0.25) is 0 Å². The van der Waals surface area contributed by atoms with Crippen molar-refractivity contribution in [2.75, 3.05) is 13.7 Å². The van der Waals surface area contributed by atoms with Crippen molar-refractivity contribution in [1.82, 2.24) is 4.98 Å². The quantitative estimate of drug-likeness (QED) is 0.443. The van der Waals surface area contributed by atoms with Gasteiger partial charge in [0.2, 0.25) is 0 Å². The summed E-state index contributed by atoms with van der Waals surface area (Å²) in [5.74, 6) is -0.107. The second kappa shape index (κ2) is 6.98. The standard InChI is InChI=1S/C18H21N3O3S/c1-18(2,7-4-8-19)17-20-13-6-5-12(9-15(13)25-17)21-11-24-14(10-23-3)16(21)22/h6,9,11,14H,4-5,7,10H2,1-3H3/t14-/m1/s1. The van der Waals surface area contributed by atoms with Crippen LogP contribution in [0.2, 0.25) is 0 Å². The highest BCUT2D eigenvalue weighted by Crippen LogP contribution is 2.37. The van der Waals surface area contributed by atoms with E-state index in [9.17, 15) is 4.79 Å². The van der Waals surface area contributed by atoms with Crippen molar-refractivity contribution in [2.24, 2.45) is 0 Å². The molecule has 132 valence electrons. The van der Waals surface area contributed by atoms with E-state index in [0.29, 0.717) is 12.8 Å². The van der Waals surface area contributed by atoms with Crippen LogP contribution in [-0.4, -0.2) is 36.7 Å². The molecule has 7 heteroatoms. The Bertz CT molecular complexity index is 786. The Morgan fingerprint density at radius 2 is 2.40 bits per heavy atom. The van der Waals surface area contributed by atoms with Crippen molar-refractivity contribution < 1.29 is 18.8 Å². The smallest absolute Gasteiger partial charge is 0.438 e. The summed E-state index contributed by atoms with van der Waals surface area (Å²) in [4.78, 5) is 18.2. The van der Waals surface area contributed by atoms with Gasteiger partial charge in [-0.05, 0) is 18.9 Å². The van der Waals surface area contributed by atoms with Gasteiger partial charge in [0.05, 0.1) is 33.9 Å². The molecule has 1 amide bonds. The molecule has 1 aliphatic carbocycles. The van der Waals surface area contributed by atoms with Crippen molar-refractivity contribution in [1.29, 1.82) is 5.26 Å². The van der Waals surface area contributed by atoms with E-state index in [1.807, 2.05) is 12.5 Å². The Morgan fingerprint density at radius 1 is 1.60 bits per heavy atom. The first kappa shape index (κ1) is 17.6. The van der Waals surface area contributed by atoms with Gasteiger partial charge in [0.25, 0.3) is 6.10 Å². The van der Waals surface area contributed by atoms with Crippen molar-refractivity contribution in [2.45, 2.75) is 44.6 Å². The second-order valence-electron chi connectivity index (χ2n) is 6.75. The van der Waals surface area contributed by atoms with E-state index in [-0.39, 0.29) is 17.9 Å². The molecule has 25 heavy (non-hydrogen) atoms. The van der Waals surface area contributed by atoms with Crippen LogP contribution < -0.4 is 4.98 Å². The minimum absolute atomic E-state index is 0.107. The molecule has 0 radical (unpaired) electrons. The van der Waals surface area contributed by atoms with Crippen LogP contribution >= 0.6 is 11.3 Å². The zero-order valence-electron chi connectivity index (χ0n) is 14.6. The van der Waals surface area contributed by atoms with Crippen molar-refractivity contribution in [3.63, 3.8) is 0 Å². The summed E-state index contributed by atoms with van der Waals surface area (Å²) in [6.07, 6.45) is 6.85. The predicted octanol–water partition coefficient (Wildman–Crippen LogP) is 2.48. The van der Waals surface area contributed by atoms with Crippen LogP contribution in [-0.2, 0) is 19.7 Å². The fraction of sp³-hybridized carbons (Fsp3) is 0.500. The third kappa shape index (κ3) is 3.46. The van der Waals surface area contributed by atoms with E-state index in [2.05, 4.69) is 19.9 Å². The van der Waals surface area contributed by atoms with E-state index < -0.39 is 6.10 Å². The molecule has 0 aromatic carbocycles. The van der Waals surface area contributed by atoms with E-state index in [1.54, 1.807) is 23.0 Å². The van der Waals surface area contributed by atoms with Crippen LogP contribution in [0, 0.1) is 17.8 Å². The molecule has 0 spiro atoms. The molecule has 1 aromatic heterocycles. The zero-order chi connectivity index (χ0) is 18.0. The van der Waals surface area contributed by atoms with Gasteiger partial charge >= 0.3 is 12.3 Å². The first-order valence-electron chi connectivity index (χ1n) is 8.19. The van der Waals surface area contributed by atoms with Crippen LogP contribution in [0.1, 0.15) is 48.7 Å². The summed E-state index contributed by atoms with van der Waals surface area (Å²) in [6, 6.07) is 2.20. The molecule has 0 fully saturated rings. The number of nitriles is 1. The number of methoxy groups -OCH3 is 1. The molecule has 2 heterocycles. The molecule has 1 aromatic rings. The summed E-state index contributed by atoms with van der Waals surface area (Å²) >= 11 is 1.62. The maximum Gasteiger partial charge on any atom is 0.438 e. The average Bonchev–Trinajstić information content (AvgIpc) is 3.17. The van der Waals surface area contributed by atoms with Crippen molar-refractivity contribution in [3.05, 3.63) is 27.7 Å². The number of ether oxygens (including phenoxy) is 2. The lowest BCUT2D eigenvalue weighted by molar-refractivity contribution is -0.392. The number of hydrogen-bond acceptors (Lipinski definition) is 4. The monoisotopic (exact) mass is 359 g/mol. The van der Waals surface area contributed by atoms with Gasteiger partial charge < -0.3 is 14.5 Å². The Labute approximate surface area is 151 Å². The number of rotatable bonds is 6. The lowest BCUT2D eigenvalue weighted by atomic mass is 9.89. The largest absolute Gasteiger partial charge is 0.639 e. The van der Waals surface area contributed by atoms with Crippen LogP contribution in [0.25, 0.3) is 6.08 Å². The molecule has 2 aliphatic rings. The maximum absolute atomic E-state index is 12.4. The molecule has 0 unspecified atom stereocenters. The molecule has 0 saturated heterocycles. The van der Waals surface area contributed by atoms with Crippen LogP contribution in [0.5, 0.6) is 0 Å². The minimum atomic E-state index is -0.575. The molecule has 0 bridgehead atoms. The lowest BCUT2D eigenvalue weighted by Gasteiger charge is -2.23. The van der Waals surface area contributed by atoms with Gasteiger partial charge in [0, 0.05) is 18.9 Å². The number of nitrogens with zero attached hydrogens (tertiary/aromatic N) is 3. The first-order chi connectivity index (χ1) is 12.0. The molecule has 1 atom stereocenters. The number of carbonyl (C=O) groups excluding carboxylic acids is 1. The SMILES string of the molecule is COC[C@H]1OC=[N+](C2=Cc3[s+]c(C(C)(C)CCC#N)[n-]c3[CH-]C2)C1=O. The highest BCUT2D eigenvalue weighted by Gasteiger charge is 2.39. The van der Waals surface area contributed by atoms with Crippen molar-refractivity contribution in [3.8, 4) is 6.07 Å². The summed E-state index contributed by atoms with van der Waals surface area (Å²) in [5, 5.41) is 9.85. The van der Waals surface area contributed by atoms with Gasteiger partial charge in [0.15, 0.2) is 5.70 Å². The normalized spacial score (nSPS) is 19.4. The number of fused-ring (bicyclic) bond motifs is 1. The maximum atomic E-state index is 12.4. The fourth-order valence-corrected chi connectivity index (χ4v) is 3.97. The number of allylic oxidation sites excluding steroid dienone is 1. The fourth-order valence-electron chi connectivity index (χ4n) is 2.81. The Hall–Kier alpha value is -2.17. The highest BCUT2D eigenvalue weighted by atomic mass is 32.1. The summed E-state index contributed by atoms with van der Waals surface area (Å²) in [7, 11) is 1.55. The van der Waals surface area contributed by atoms with Gasteiger partial charge in [-0.25, -0.2) is 16.9 Å². The molecule has 6 nitrogen and oxygen atoms in total. The van der Waals surface area contributed by atoms with Gasteiger partial charge in [-0.15, -0.1) is 4.58 Å². The van der Waals surface area contributed by atoms with E-state index in [4.69, 9.17) is 19.7 Å². The molecular weight excluding hydrogens is 338 g/mol. The summed E-state index contributed by atoms with van der Waals surface area (Å²) < 4.78 is 12.0. The summed E-state index contributed by atoms with van der Waals surface area (Å²) in [5.41, 5.74) is 1.69. The van der Waals surface area contributed by atoms with Crippen molar-refractivity contribution >= 4 is 29.7 Å². The van der Waals surface area contributed by atoms with E-state index in [0.717, 1.165) is 27.7 Å². The highest BCUT2D eigenvalue weighted by molar-refractivity contribution is 7.12. The number of aromatic nitrogens is 1. The van der Waals surface area contributed by atoms with Crippen LogP contribution in [0.3, 0.4) is 0 Å². The van der Waals surface area contributed by atoms with E-state index >= 15 is 0 Å². The average molecular weight is 359 g/mol. The number of hydrogen-bond donors (Lipinski definition) is 0. The third-order valence-electron chi connectivity index (χ3n) is 4.39. The first-order valence-corrected chi connectivity index (χ1v) is 9.01. The number of thiazole rings is 1. The number of carbonyl (C=O) groups is 1. The topological polar surface area (TPSA) is 76.4 Å². The van der Waals surface area contributed by atoms with E-state index in [1.165, 1.54) is 6.40 Å². The second-order valence-corrected chi connectivity index (χ2v) is 7.78. The zero-order valence-corrected chi connectivity index (χ0v) is 15.4. The molecular formula is C18H21N3O3S. The molecule has 1 aliphatic heterocycles. The van der Waals surface area contributed by atoms with Crippen LogP contribution in [0.4, 0.5) is 0 Å². The van der Waals surface area contributed by atoms with Gasteiger partial charge in [-0.2, -0.15) is 5.26 Å². The lowest BCUT2D eigenvalue weighted by Crippen LogP contribution is -2.29. The Morgan fingerprint density at radius 3 is 3.12 bits per heavy atom.